The highest BCUT2D eigenvalue weighted by atomic mass is 16.7. The van der Waals surface area contributed by atoms with Gasteiger partial charge in [-0.25, -0.2) is 0 Å². The molecule has 3 rings (SSSR count). The molecule has 1 unspecified atom stereocenters. The van der Waals surface area contributed by atoms with Gasteiger partial charge in [0.15, 0.2) is 11.6 Å². The molecule has 3 atom stereocenters. The summed E-state index contributed by atoms with van der Waals surface area (Å²) < 4.78 is 12.0. The van der Waals surface area contributed by atoms with Crippen LogP contribution in [-0.2, 0) is 15.9 Å². The lowest BCUT2D eigenvalue weighted by molar-refractivity contribution is -0.167. The number of carbonyl (C=O) groups is 1. The predicted octanol–water partition coefficient (Wildman–Crippen LogP) is 4.53. The van der Waals surface area contributed by atoms with Crippen LogP contribution in [0, 0.1) is 5.41 Å². The first kappa shape index (κ1) is 16.7. The molecule has 23 heavy (non-hydrogen) atoms. The SMILES string of the molecule is CCCC1(CCC2(C)O[C@H](C)[C@@H](C)O2)Cc2ccccc2C1=O. The summed E-state index contributed by atoms with van der Waals surface area (Å²) in [6, 6.07) is 8.07. The Morgan fingerprint density at radius 2 is 1.74 bits per heavy atom. The Balaban J connectivity index is 1.77. The van der Waals surface area contributed by atoms with Crippen LogP contribution >= 0.6 is 0 Å². The van der Waals surface area contributed by atoms with Crippen molar-refractivity contribution in [2.45, 2.75) is 77.8 Å². The molecule has 0 N–H and O–H groups in total. The maximum Gasteiger partial charge on any atom is 0.169 e. The van der Waals surface area contributed by atoms with Crippen molar-refractivity contribution >= 4 is 5.78 Å². The molecule has 1 aromatic carbocycles. The lowest BCUT2D eigenvalue weighted by Crippen LogP contribution is -2.34. The Kier molecular flexibility index (Phi) is 4.37. The minimum Gasteiger partial charge on any atom is -0.345 e. The molecule has 0 aromatic heterocycles. The monoisotopic (exact) mass is 316 g/mol. The van der Waals surface area contributed by atoms with Gasteiger partial charge < -0.3 is 9.47 Å². The number of hydrogen-bond acceptors (Lipinski definition) is 3. The summed E-state index contributed by atoms with van der Waals surface area (Å²) in [6.07, 6.45) is 4.62. The molecule has 1 aliphatic heterocycles. The van der Waals surface area contributed by atoms with Crippen molar-refractivity contribution in [1.82, 2.24) is 0 Å². The topological polar surface area (TPSA) is 35.5 Å². The number of rotatable bonds is 5. The second-order valence-corrected chi connectivity index (χ2v) is 7.47. The van der Waals surface area contributed by atoms with Crippen molar-refractivity contribution < 1.29 is 14.3 Å². The van der Waals surface area contributed by atoms with Gasteiger partial charge in [-0.05, 0) is 45.6 Å². The molecule has 0 saturated carbocycles. The Morgan fingerprint density at radius 1 is 1.09 bits per heavy atom. The van der Waals surface area contributed by atoms with Crippen molar-refractivity contribution in [3.63, 3.8) is 0 Å². The minimum absolute atomic E-state index is 0.110. The van der Waals surface area contributed by atoms with Crippen LogP contribution in [0.3, 0.4) is 0 Å². The van der Waals surface area contributed by atoms with Gasteiger partial charge in [-0.2, -0.15) is 0 Å². The van der Waals surface area contributed by atoms with E-state index in [9.17, 15) is 4.79 Å². The van der Waals surface area contributed by atoms with Crippen LogP contribution in [0.5, 0.6) is 0 Å². The van der Waals surface area contributed by atoms with E-state index >= 15 is 0 Å². The number of Topliss-reactive ketones (excluding diaryl/α,β-unsaturated/α-hetero) is 1. The Hall–Kier alpha value is -1.19. The number of fused-ring (bicyclic) bond motifs is 1. The fourth-order valence-corrected chi connectivity index (χ4v) is 4.22. The second kappa shape index (κ2) is 6.03. The van der Waals surface area contributed by atoms with E-state index in [1.165, 1.54) is 5.56 Å². The van der Waals surface area contributed by atoms with Crippen molar-refractivity contribution in [2.24, 2.45) is 5.41 Å². The summed E-state index contributed by atoms with van der Waals surface area (Å²) in [5.41, 5.74) is 1.84. The molecule has 1 aliphatic carbocycles. The Labute approximate surface area is 139 Å². The van der Waals surface area contributed by atoms with Gasteiger partial charge in [-0.15, -0.1) is 0 Å². The number of ketones is 1. The van der Waals surface area contributed by atoms with Crippen LogP contribution in [0.15, 0.2) is 24.3 Å². The van der Waals surface area contributed by atoms with E-state index in [-0.39, 0.29) is 17.6 Å². The molecular weight excluding hydrogens is 288 g/mol. The van der Waals surface area contributed by atoms with E-state index in [1.807, 2.05) is 39.0 Å². The van der Waals surface area contributed by atoms with Crippen molar-refractivity contribution in [3.05, 3.63) is 35.4 Å². The van der Waals surface area contributed by atoms with Crippen molar-refractivity contribution in [3.8, 4) is 0 Å². The second-order valence-electron chi connectivity index (χ2n) is 7.47. The summed E-state index contributed by atoms with van der Waals surface area (Å²) >= 11 is 0. The quantitative estimate of drug-likeness (QED) is 0.800. The first-order valence-electron chi connectivity index (χ1n) is 8.87. The highest BCUT2D eigenvalue weighted by Gasteiger charge is 2.47. The van der Waals surface area contributed by atoms with Gasteiger partial charge in [0.1, 0.15) is 0 Å². The normalized spacial score (nSPS) is 32.3. The molecule has 3 heteroatoms. The molecule has 126 valence electrons. The summed E-state index contributed by atoms with van der Waals surface area (Å²) in [5.74, 6) is -0.244. The van der Waals surface area contributed by atoms with Crippen LogP contribution < -0.4 is 0 Å². The predicted molar refractivity (Wildman–Crippen MR) is 90.6 cm³/mol. The summed E-state index contributed by atoms with van der Waals surface area (Å²) in [7, 11) is 0. The Bertz CT molecular complexity index is 584. The standard InChI is InChI=1S/C20H28O3/c1-5-10-20(12-11-19(4)22-14(2)15(3)23-19)13-16-8-6-7-9-17(16)18(20)21/h6-9,14-15H,5,10-13H2,1-4H3/t14-,15-,20?/m1/s1. The van der Waals surface area contributed by atoms with E-state index in [0.717, 1.165) is 37.7 Å². The maximum absolute atomic E-state index is 13.1. The third kappa shape index (κ3) is 2.97. The molecule has 2 aliphatic rings. The molecule has 1 fully saturated rings. The fourth-order valence-electron chi connectivity index (χ4n) is 4.22. The highest BCUT2D eigenvalue weighted by Crippen LogP contribution is 2.46. The number of ether oxygens (including phenoxy) is 2. The van der Waals surface area contributed by atoms with Crippen LogP contribution in [0.2, 0.25) is 0 Å². The van der Waals surface area contributed by atoms with Gasteiger partial charge in [0.2, 0.25) is 0 Å². The van der Waals surface area contributed by atoms with Gasteiger partial charge >= 0.3 is 0 Å². The van der Waals surface area contributed by atoms with Crippen molar-refractivity contribution in [2.75, 3.05) is 0 Å². The van der Waals surface area contributed by atoms with E-state index in [0.29, 0.717) is 5.78 Å². The van der Waals surface area contributed by atoms with E-state index < -0.39 is 5.79 Å². The average molecular weight is 316 g/mol. The molecule has 0 bridgehead atoms. The lowest BCUT2D eigenvalue weighted by Gasteiger charge is -2.31. The van der Waals surface area contributed by atoms with E-state index in [1.54, 1.807) is 0 Å². The summed E-state index contributed by atoms with van der Waals surface area (Å²) in [5, 5.41) is 0. The first-order chi connectivity index (χ1) is 10.9. The molecule has 1 heterocycles. The van der Waals surface area contributed by atoms with Gasteiger partial charge in [-0.3, -0.25) is 4.79 Å². The summed E-state index contributed by atoms with van der Waals surface area (Å²) in [4.78, 5) is 13.1. The average Bonchev–Trinajstić information content (AvgIpc) is 2.94. The fraction of sp³-hybridized carbons (Fsp3) is 0.650. The maximum atomic E-state index is 13.1. The Morgan fingerprint density at radius 3 is 2.35 bits per heavy atom. The molecule has 0 amide bonds. The third-order valence-corrected chi connectivity index (χ3v) is 5.59. The number of carbonyl (C=O) groups excluding carboxylic acids is 1. The molecule has 0 spiro atoms. The van der Waals surface area contributed by atoms with Gasteiger partial charge in [0, 0.05) is 17.4 Å². The number of benzene rings is 1. The smallest absolute Gasteiger partial charge is 0.169 e. The molecule has 3 nitrogen and oxygen atoms in total. The van der Waals surface area contributed by atoms with E-state index in [2.05, 4.69) is 13.0 Å². The zero-order valence-electron chi connectivity index (χ0n) is 14.7. The highest BCUT2D eigenvalue weighted by molar-refractivity contribution is 6.04. The molecule has 1 saturated heterocycles. The first-order valence-corrected chi connectivity index (χ1v) is 8.87. The zero-order chi connectivity index (χ0) is 16.7. The summed E-state index contributed by atoms with van der Waals surface area (Å²) in [6.45, 7) is 8.27. The molecular formula is C20H28O3. The van der Waals surface area contributed by atoms with Crippen molar-refractivity contribution in [1.29, 1.82) is 0 Å². The largest absolute Gasteiger partial charge is 0.345 e. The van der Waals surface area contributed by atoms with Gasteiger partial charge in [0.25, 0.3) is 0 Å². The van der Waals surface area contributed by atoms with E-state index in [4.69, 9.17) is 9.47 Å². The van der Waals surface area contributed by atoms with Gasteiger partial charge in [-0.1, -0.05) is 37.6 Å². The zero-order valence-corrected chi connectivity index (χ0v) is 14.7. The van der Waals surface area contributed by atoms with Crippen LogP contribution in [0.25, 0.3) is 0 Å². The van der Waals surface area contributed by atoms with Crippen LogP contribution in [0.4, 0.5) is 0 Å². The molecule has 0 radical (unpaired) electrons. The van der Waals surface area contributed by atoms with Crippen LogP contribution in [0.1, 0.15) is 69.3 Å². The van der Waals surface area contributed by atoms with Crippen LogP contribution in [-0.4, -0.2) is 23.8 Å². The minimum atomic E-state index is -0.561. The lowest BCUT2D eigenvalue weighted by atomic mass is 9.75. The third-order valence-electron chi connectivity index (χ3n) is 5.59. The molecule has 1 aromatic rings. The van der Waals surface area contributed by atoms with Gasteiger partial charge in [0.05, 0.1) is 12.2 Å². The number of hydrogen-bond donors (Lipinski definition) is 0.